The highest BCUT2D eigenvalue weighted by atomic mass is 32.2. The van der Waals surface area contributed by atoms with Gasteiger partial charge in [0, 0.05) is 6.54 Å². The highest BCUT2D eigenvalue weighted by Gasteiger charge is 2.19. The topological polar surface area (TPSA) is 59.3 Å². The van der Waals surface area contributed by atoms with Crippen molar-refractivity contribution in [1.82, 2.24) is 19.9 Å². The molecule has 4 rings (SSSR count). The number of nitrogens with zero attached hydrogens (tertiary/aromatic N) is 3. The number of amides is 1. The fraction of sp³-hybridized carbons (Fsp3) is 0.211. The van der Waals surface area contributed by atoms with Crippen LogP contribution in [-0.4, -0.2) is 32.3 Å². The Bertz CT molecular complexity index is 1040. The number of hydrogen-bond acceptors (Lipinski definition) is 5. The van der Waals surface area contributed by atoms with Crippen molar-refractivity contribution in [3.05, 3.63) is 60.2 Å². The number of benzene rings is 2. The van der Waals surface area contributed by atoms with Crippen molar-refractivity contribution < 1.29 is 4.79 Å². The molecule has 1 amide bonds. The quantitative estimate of drug-likeness (QED) is 0.516. The van der Waals surface area contributed by atoms with Gasteiger partial charge in [0.25, 0.3) is 0 Å². The Balaban J connectivity index is 1.42. The summed E-state index contributed by atoms with van der Waals surface area (Å²) in [4.78, 5) is 13.3. The number of carbonyl (C=O) groups is 1. The highest BCUT2D eigenvalue weighted by Crippen LogP contribution is 2.30. The van der Waals surface area contributed by atoms with Crippen LogP contribution in [0.4, 0.5) is 0 Å². The molecule has 2 aromatic carbocycles. The molecule has 0 saturated carbocycles. The summed E-state index contributed by atoms with van der Waals surface area (Å²) >= 11 is 3.04. The summed E-state index contributed by atoms with van der Waals surface area (Å²) in [6.45, 7) is 2.53. The van der Waals surface area contributed by atoms with Gasteiger partial charge in [-0.2, -0.15) is 0 Å². The summed E-state index contributed by atoms with van der Waals surface area (Å²) in [5.74, 6) is 0.0159. The third kappa shape index (κ3) is 3.45. The number of nitrogens with one attached hydrogen (secondary N) is 1. The van der Waals surface area contributed by atoms with Gasteiger partial charge in [0.1, 0.15) is 0 Å². The van der Waals surface area contributed by atoms with Gasteiger partial charge >= 0.3 is 0 Å². The van der Waals surface area contributed by atoms with E-state index in [1.54, 1.807) is 11.3 Å². The molecule has 5 nitrogen and oxygen atoms in total. The number of hydrogen-bond donors (Lipinski definition) is 1. The lowest BCUT2D eigenvalue weighted by atomic mass is 10.1. The van der Waals surface area contributed by atoms with Crippen LogP contribution in [0.1, 0.15) is 12.5 Å². The number of aromatic nitrogens is 3. The van der Waals surface area contributed by atoms with Crippen molar-refractivity contribution in [2.24, 2.45) is 0 Å². The average molecular weight is 383 g/mol. The molecule has 26 heavy (non-hydrogen) atoms. The molecule has 0 saturated heterocycles. The lowest BCUT2D eigenvalue weighted by Gasteiger charge is -2.11. The Labute approximate surface area is 159 Å². The molecule has 132 valence electrons. The zero-order valence-corrected chi connectivity index (χ0v) is 15.9. The molecule has 0 aliphatic rings. The first kappa shape index (κ1) is 17.1. The van der Waals surface area contributed by atoms with E-state index in [0.29, 0.717) is 6.54 Å². The van der Waals surface area contributed by atoms with Gasteiger partial charge in [0.15, 0.2) is 5.16 Å². The molecule has 0 fully saturated rings. The van der Waals surface area contributed by atoms with E-state index in [4.69, 9.17) is 0 Å². The molecular weight excluding hydrogens is 364 g/mol. The summed E-state index contributed by atoms with van der Waals surface area (Å²) < 4.78 is 3.19. The number of thiazole rings is 1. The first-order valence-electron chi connectivity index (χ1n) is 8.43. The maximum Gasteiger partial charge on any atom is 0.233 e. The van der Waals surface area contributed by atoms with E-state index in [0.717, 1.165) is 22.1 Å². The molecule has 2 aromatic heterocycles. The Morgan fingerprint density at radius 2 is 1.92 bits per heavy atom. The monoisotopic (exact) mass is 382 g/mol. The van der Waals surface area contributed by atoms with Crippen molar-refractivity contribution >= 4 is 44.2 Å². The zero-order valence-electron chi connectivity index (χ0n) is 14.3. The molecule has 0 radical (unpaired) electrons. The number of carbonyl (C=O) groups excluding carboxylic acids is 1. The molecule has 7 heteroatoms. The smallest absolute Gasteiger partial charge is 0.233 e. The van der Waals surface area contributed by atoms with E-state index in [1.807, 2.05) is 41.7 Å². The number of rotatable bonds is 6. The van der Waals surface area contributed by atoms with Crippen molar-refractivity contribution in [2.45, 2.75) is 23.8 Å². The molecule has 2 heterocycles. The third-order valence-corrected chi connectivity index (χ3v) is 6.17. The molecule has 0 bridgehead atoms. The van der Waals surface area contributed by atoms with Crippen LogP contribution in [0.5, 0.6) is 0 Å². The minimum atomic E-state index is -0.239. The fourth-order valence-electron chi connectivity index (χ4n) is 2.76. The lowest BCUT2D eigenvalue weighted by molar-refractivity contribution is -0.120. The fourth-order valence-corrected chi connectivity index (χ4v) is 4.67. The molecule has 0 aliphatic heterocycles. The van der Waals surface area contributed by atoms with Gasteiger partial charge in [-0.25, -0.2) is 0 Å². The Kier molecular flexibility index (Phi) is 4.90. The van der Waals surface area contributed by atoms with Crippen LogP contribution in [0.2, 0.25) is 0 Å². The number of fused-ring (bicyclic) bond motifs is 3. The standard InChI is InChI=1S/C19H18N4OS2/c1-13(17(24)20-12-11-14-7-3-2-4-8-14)25-18-21-22-19-23(18)15-9-5-6-10-16(15)26-19/h2-10,13H,11-12H2,1H3,(H,20,24). The largest absolute Gasteiger partial charge is 0.355 e. The number of thioether (sulfide) groups is 1. The van der Waals surface area contributed by atoms with Gasteiger partial charge < -0.3 is 5.32 Å². The Morgan fingerprint density at radius 3 is 2.77 bits per heavy atom. The van der Waals surface area contributed by atoms with Crippen molar-refractivity contribution in [1.29, 1.82) is 0 Å². The normalized spacial score (nSPS) is 12.5. The van der Waals surface area contributed by atoms with E-state index in [9.17, 15) is 4.79 Å². The molecular formula is C19H18N4OS2. The second-order valence-electron chi connectivity index (χ2n) is 5.96. The molecule has 1 N–H and O–H groups in total. The van der Waals surface area contributed by atoms with Gasteiger partial charge in [0.05, 0.1) is 15.5 Å². The Morgan fingerprint density at radius 1 is 1.15 bits per heavy atom. The first-order chi connectivity index (χ1) is 12.7. The minimum absolute atomic E-state index is 0.0159. The summed E-state index contributed by atoms with van der Waals surface area (Å²) in [5, 5.41) is 12.0. The average Bonchev–Trinajstić information content (AvgIpc) is 3.22. The van der Waals surface area contributed by atoms with Crippen LogP contribution in [0.15, 0.2) is 59.8 Å². The van der Waals surface area contributed by atoms with Crippen LogP contribution >= 0.6 is 23.1 Å². The van der Waals surface area contributed by atoms with Crippen molar-refractivity contribution in [3.63, 3.8) is 0 Å². The molecule has 0 aliphatic carbocycles. The zero-order chi connectivity index (χ0) is 17.9. The highest BCUT2D eigenvalue weighted by molar-refractivity contribution is 8.00. The molecule has 4 aromatic rings. The first-order valence-corrected chi connectivity index (χ1v) is 10.1. The van der Waals surface area contributed by atoms with Gasteiger partial charge in [-0.15, -0.1) is 10.2 Å². The van der Waals surface area contributed by atoms with E-state index in [-0.39, 0.29) is 11.2 Å². The van der Waals surface area contributed by atoms with E-state index in [2.05, 4.69) is 39.8 Å². The van der Waals surface area contributed by atoms with Crippen LogP contribution in [0.25, 0.3) is 15.2 Å². The van der Waals surface area contributed by atoms with Gasteiger partial charge in [-0.05, 0) is 31.0 Å². The maximum atomic E-state index is 12.4. The SMILES string of the molecule is CC(Sc1nnc2sc3ccccc3n12)C(=O)NCCc1ccccc1. The Hall–Kier alpha value is -2.38. The van der Waals surface area contributed by atoms with Crippen LogP contribution < -0.4 is 5.32 Å². The summed E-state index contributed by atoms with van der Waals surface area (Å²) in [7, 11) is 0. The van der Waals surface area contributed by atoms with Gasteiger partial charge in [-0.1, -0.05) is 65.6 Å². The second-order valence-corrected chi connectivity index (χ2v) is 8.27. The molecule has 1 unspecified atom stereocenters. The summed E-state index contributed by atoms with van der Waals surface area (Å²) in [6.07, 6.45) is 0.828. The van der Waals surface area contributed by atoms with Crippen LogP contribution in [0.3, 0.4) is 0 Å². The number of para-hydroxylation sites is 1. The van der Waals surface area contributed by atoms with Crippen LogP contribution in [0, 0.1) is 0 Å². The summed E-state index contributed by atoms with van der Waals surface area (Å²) in [5.41, 5.74) is 2.30. The van der Waals surface area contributed by atoms with E-state index >= 15 is 0 Å². The predicted octanol–water partition coefficient (Wildman–Crippen LogP) is 3.78. The molecule has 1 atom stereocenters. The second kappa shape index (κ2) is 7.47. The van der Waals surface area contributed by atoms with Crippen LogP contribution in [-0.2, 0) is 11.2 Å². The molecule has 0 spiro atoms. The van der Waals surface area contributed by atoms with E-state index in [1.165, 1.54) is 22.0 Å². The van der Waals surface area contributed by atoms with Gasteiger partial charge in [-0.3, -0.25) is 9.20 Å². The van der Waals surface area contributed by atoms with E-state index < -0.39 is 0 Å². The minimum Gasteiger partial charge on any atom is -0.355 e. The van der Waals surface area contributed by atoms with Gasteiger partial charge in [0.2, 0.25) is 10.9 Å². The predicted molar refractivity (Wildman–Crippen MR) is 107 cm³/mol. The van der Waals surface area contributed by atoms with Crippen molar-refractivity contribution in [3.8, 4) is 0 Å². The van der Waals surface area contributed by atoms with Crippen molar-refractivity contribution in [2.75, 3.05) is 6.54 Å². The lowest BCUT2D eigenvalue weighted by Crippen LogP contribution is -2.32. The third-order valence-electron chi connectivity index (χ3n) is 4.12. The summed E-state index contributed by atoms with van der Waals surface area (Å²) in [6, 6.07) is 18.3. The maximum absolute atomic E-state index is 12.4.